The predicted octanol–water partition coefficient (Wildman–Crippen LogP) is 2.66. The maximum atomic E-state index is 13.5. The van der Waals surface area contributed by atoms with Gasteiger partial charge >= 0.3 is 0 Å². The third kappa shape index (κ3) is 4.03. The van der Waals surface area contributed by atoms with Crippen LogP contribution in [0.1, 0.15) is 43.1 Å². The lowest BCUT2D eigenvalue weighted by Crippen LogP contribution is -2.45. The quantitative estimate of drug-likeness (QED) is 0.861. The van der Waals surface area contributed by atoms with Gasteiger partial charge in [0.15, 0.2) is 0 Å². The van der Waals surface area contributed by atoms with Gasteiger partial charge in [0.25, 0.3) is 5.91 Å². The lowest BCUT2D eigenvalue weighted by molar-refractivity contribution is 0.00588. The average Bonchev–Trinajstić information content (AvgIpc) is 2.37. The Labute approximate surface area is 113 Å². The molecule has 0 aliphatic rings. The molecule has 0 fully saturated rings. The Hall–Kier alpha value is -1.42. The van der Waals surface area contributed by atoms with Crippen molar-refractivity contribution in [3.8, 4) is 0 Å². The fourth-order valence-corrected chi connectivity index (χ4v) is 1.78. The molecule has 0 heterocycles. The van der Waals surface area contributed by atoms with Crippen LogP contribution in [0.3, 0.4) is 0 Å². The summed E-state index contributed by atoms with van der Waals surface area (Å²) in [5.74, 6) is -0.994. The SMILES string of the molecule is CCC(C)C(C)(O)CNC(=O)c1cc(C)ccc1F. The molecule has 4 heteroatoms. The number of aliphatic hydroxyl groups is 1. The van der Waals surface area contributed by atoms with Crippen LogP contribution in [0.5, 0.6) is 0 Å². The Bertz CT molecular complexity index is 457. The summed E-state index contributed by atoms with van der Waals surface area (Å²) in [6.07, 6.45) is 0.807. The van der Waals surface area contributed by atoms with E-state index in [0.717, 1.165) is 12.0 Å². The molecule has 2 N–H and O–H groups in total. The minimum absolute atomic E-state index is 0.0138. The molecule has 0 saturated carbocycles. The van der Waals surface area contributed by atoms with Crippen molar-refractivity contribution in [2.24, 2.45) is 5.92 Å². The minimum Gasteiger partial charge on any atom is -0.388 e. The summed E-state index contributed by atoms with van der Waals surface area (Å²) in [5.41, 5.74) is -0.162. The van der Waals surface area contributed by atoms with E-state index in [4.69, 9.17) is 0 Å². The first kappa shape index (κ1) is 15.6. The first-order valence-electron chi connectivity index (χ1n) is 6.54. The first-order valence-corrected chi connectivity index (χ1v) is 6.54. The Morgan fingerprint density at radius 1 is 1.53 bits per heavy atom. The molecule has 0 radical (unpaired) electrons. The number of benzene rings is 1. The van der Waals surface area contributed by atoms with Crippen molar-refractivity contribution in [2.45, 2.75) is 39.7 Å². The summed E-state index contributed by atoms with van der Waals surface area (Å²) in [5, 5.41) is 12.8. The Kier molecular flexibility index (Phi) is 5.06. The average molecular weight is 267 g/mol. The molecule has 0 bridgehead atoms. The second-order valence-corrected chi connectivity index (χ2v) is 5.33. The van der Waals surface area contributed by atoms with Crippen molar-refractivity contribution < 1.29 is 14.3 Å². The molecule has 2 unspecified atom stereocenters. The molecular weight excluding hydrogens is 245 g/mol. The second-order valence-electron chi connectivity index (χ2n) is 5.33. The number of hydrogen-bond donors (Lipinski definition) is 2. The lowest BCUT2D eigenvalue weighted by atomic mass is 9.88. The Morgan fingerprint density at radius 2 is 2.16 bits per heavy atom. The van der Waals surface area contributed by atoms with E-state index in [1.165, 1.54) is 12.1 Å². The van der Waals surface area contributed by atoms with Crippen molar-refractivity contribution in [1.82, 2.24) is 5.32 Å². The van der Waals surface area contributed by atoms with Crippen LogP contribution in [-0.2, 0) is 0 Å². The van der Waals surface area contributed by atoms with Crippen molar-refractivity contribution in [3.63, 3.8) is 0 Å². The third-order valence-electron chi connectivity index (χ3n) is 3.65. The molecule has 1 amide bonds. The molecule has 0 aliphatic heterocycles. The minimum atomic E-state index is -0.995. The monoisotopic (exact) mass is 267 g/mol. The van der Waals surface area contributed by atoms with Crippen LogP contribution < -0.4 is 5.32 Å². The smallest absolute Gasteiger partial charge is 0.254 e. The predicted molar refractivity (Wildman–Crippen MR) is 73.5 cm³/mol. The van der Waals surface area contributed by atoms with E-state index in [0.29, 0.717) is 0 Å². The summed E-state index contributed by atoms with van der Waals surface area (Å²) in [6.45, 7) is 7.47. The summed E-state index contributed by atoms with van der Waals surface area (Å²) in [6, 6.07) is 4.39. The van der Waals surface area contributed by atoms with Crippen LogP contribution in [0.15, 0.2) is 18.2 Å². The zero-order valence-corrected chi connectivity index (χ0v) is 12.0. The Morgan fingerprint density at radius 3 is 2.74 bits per heavy atom. The van der Waals surface area contributed by atoms with Gasteiger partial charge in [0.2, 0.25) is 0 Å². The maximum absolute atomic E-state index is 13.5. The first-order chi connectivity index (χ1) is 8.77. The van der Waals surface area contributed by atoms with Gasteiger partial charge in [0.05, 0.1) is 11.2 Å². The number of rotatable bonds is 5. The van der Waals surface area contributed by atoms with Gasteiger partial charge in [-0.3, -0.25) is 4.79 Å². The number of hydrogen-bond acceptors (Lipinski definition) is 2. The maximum Gasteiger partial charge on any atom is 0.254 e. The van der Waals surface area contributed by atoms with Crippen molar-refractivity contribution in [1.29, 1.82) is 0 Å². The van der Waals surface area contributed by atoms with E-state index in [2.05, 4.69) is 5.32 Å². The number of halogens is 1. The van der Waals surface area contributed by atoms with Crippen molar-refractivity contribution >= 4 is 5.91 Å². The lowest BCUT2D eigenvalue weighted by Gasteiger charge is -2.29. The normalized spacial score (nSPS) is 15.7. The van der Waals surface area contributed by atoms with Crippen LogP contribution in [0.4, 0.5) is 4.39 Å². The molecule has 19 heavy (non-hydrogen) atoms. The van der Waals surface area contributed by atoms with E-state index in [9.17, 15) is 14.3 Å². The van der Waals surface area contributed by atoms with Gasteiger partial charge in [-0.05, 0) is 31.9 Å². The van der Waals surface area contributed by atoms with Crippen molar-refractivity contribution in [2.75, 3.05) is 6.54 Å². The molecule has 106 valence electrons. The van der Waals surface area contributed by atoms with Crippen LogP contribution in [0, 0.1) is 18.7 Å². The molecular formula is C15H22FNO2. The fraction of sp³-hybridized carbons (Fsp3) is 0.533. The standard InChI is InChI=1S/C15H22FNO2/c1-5-11(3)15(4,19)9-17-14(18)12-8-10(2)6-7-13(12)16/h6-8,11,19H,5,9H2,1-4H3,(H,17,18). The summed E-state index contributed by atoms with van der Waals surface area (Å²) in [4.78, 5) is 11.9. The van der Waals surface area contributed by atoms with E-state index in [-0.39, 0.29) is 18.0 Å². The molecule has 1 aromatic rings. The van der Waals surface area contributed by atoms with Gasteiger partial charge in [0, 0.05) is 6.54 Å². The van der Waals surface area contributed by atoms with E-state index >= 15 is 0 Å². The molecule has 2 atom stereocenters. The highest BCUT2D eigenvalue weighted by atomic mass is 19.1. The molecule has 0 aliphatic carbocycles. The number of carbonyl (C=O) groups is 1. The topological polar surface area (TPSA) is 49.3 Å². The number of amides is 1. The molecule has 0 saturated heterocycles. The van der Waals surface area contributed by atoms with Gasteiger partial charge in [-0.15, -0.1) is 0 Å². The zero-order chi connectivity index (χ0) is 14.6. The summed E-state index contributed by atoms with van der Waals surface area (Å²) < 4.78 is 13.5. The van der Waals surface area contributed by atoms with Gasteiger partial charge < -0.3 is 10.4 Å². The van der Waals surface area contributed by atoms with E-state index in [1.807, 2.05) is 13.8 Å². The highest BCUT2D eigenvalue weighted by molar-refractivity contribution is 5.94. The highest BCUT2D eigenvalue weighted by Crippen LogP contribution is 2.19. The van der Waals surface area contributed by atoms with Gasteiger partial charge in [-0.2, -0.15) is 0 Å². The van der Waals surface area contributed by atoms with Crippen LogP contribution in [0.2, 0.25) is 0 Å². The molecule has 0 spiro atoms. The summed E-state index contributed by atoms with van der Waals surface area (Å²) >= 11 is 0. The highest BCUT2D eigenvalue weighted by Gasteiger charge is 2.27. The number of nitrogens with one attached hydrogen (secondary N) is 1. The van der Waals surface area contributed by atoms with E-state index < -0.39 is 17.3 Å². The fourth-order valence-electron chi connectivity index (χ4n) is 1.78. The summed E-state index contributed by atoms with van der Waals surface area (Å²) in [7, 11) is 0. The zero-order valence-electron chi connectivity index (χ0n) is 12.0. The molecule has 1 rings (SSSR count). The number of aryl methyl sites for hydroxylation is 1. The van der Waals surface area contributed by atoms with Crippen molar-refractivity contribution in [3.05, 3.63) is 35.1 Å². The largest absolute Gasteiger partial charge is 0.388 e. The number of carbonyl (C=O) groups excluding carboxylic acids is 1. The Balaban J connectivity index is 2.73. The molecule has 3 nitrogen and oxygen atoms in total. The molecule has 0 aromatic heterocycles. The van der Waals surface area contributed by atoms with Gasteiger partial charge in [-0.25, -0.2) is 4.39 Å². The van der Waals surface area contributed by atoms with Gasteiger partial charge in [-0.1, -0.05) is 31.9 Å². The van der Waals surface area contributed by atoms with Crippen LogP contribution in [-0.4, -0.2) is 23.2 Å². The van der Waals surface area contributed by atoms with E-state index in [1.54, 1.807) is 19.9 Å². The third-order valence-corrected chi connectivity index (χ3v) is 3.65. The van der Waals surface area contributed by atoms with Crippen LogP contribution in [0.25, 0.3) is 0 Å². The second kappa shape index (κ2) is 6.15. The molecule has 1 aromatic carbocycles. The van der Waals surface area contributed by atoms with Crippen LogP contribution >= 0.6 is 0 Å². The van der Waals surface area contributed by atoms with Gasteiger partial charge in [0.1, 0.15) is 5.82 Å².